The number of hydrogen-bond donors (Lipinski definition) is 0. The minimum atomic E-state index is -0.277. The molecular formula is C18H17NO2. The molecule has 21 heavy (non-hydrogen) atoms. The second kappa shape index (κ2) is 5.44. The summed E-state index contributed by atoms with van der Waals surface area (Å²) in [4.78, 5) is 11.7. The fourth-order valence-electron chi connectivity index (χ4n) is 2.56. The van der Waals surface area contributed by atoms with Crippen LogP contribution in [0.3, 0.4) is 0 Å². The average molecular weight is 279 g/mol. The maximum absolute atomic E-state index is 11.7. The van der Waals surface area contributed by atoms with Crippen molar-refractivity contribution < 1.29 is 9.53 Å². The Morgan fingerprint density at radius 1 is 1.10 bits per heavy atom. The Hall–Kier alpha value is -2.55. The molecule has 3 rings (SSSR count). The zero-order valence-corrected chi connectivity index (χ0v) is 12.2. The van der Waals surface area contributed by atoms with Gasteiger partial charge in [-0.05, 0) is 36.8 Å². The summed E-state index contributed by atoms with van der Waals surface area (Å²) in [5.41, 5.74) is 4.00. The van der Waals surface area contributed by atoms with Crippen LogP contribution in [0.15, 0.2) is 54.6 Å². The highest BCUT2D eigenvalue weighted by Crippen LogP contribution is 2.27. The van der Waals surface area contributed by atoms with Gasteiger partial charge in [0.15, 0.2) is 0 Å². The molecule has 0 unspecified atom stereocenters. The third-order valence-corrected chi connectivity index (χ3v) is 3.64. The molecule has 3 nitrogen and oxygen atoms in total. The first-order valence-corrected chi connectivity index (χ1v) is 7.02. The zero-order valence-electron chi connectivity index (χ0n) is 12.2. The number of aryl methyl sites for hydroxylation is 1. The molecule has 106 valence electrons. The molecule has 2 aromatic carbocycles. The largest absolute Gasteiger partial charge is 0.462 e. The summed E-state index contributed by atoms with van der Waals surface area (Å²) in [6.45, 7) is 2.20. The Bertz CT molecular complexity index is 785. The minimum absolute atomic E-state index is 0.277. The first-order chi connectivity index (χ1) is 10.2. The molecule has 1 heterocycles. The van der Waals surface area contributed by atoms with Crippen molar-refractivity contribution >= 4 is 16.9 Å². The molecule has 1 aromatic heterocycles. The number of esters is 1. The number of carbonyl (C=O) groups excluding carboxylic acids is 1. The number of nitrogens with zero attached hydrogens (tertiary/aromatic N) is 1. The average Bonchev–Trinajstić information content (AvgIpc) is 2.85. The maximum Gasteiger partial charge on any atom is 0.338 e. The van der Waals surface area contributed by atoms with E-state index in [4.69, 9.17) is 4.74 Å². The molecule has 0 aliphatic heterocycles. The predicted molar refractivity (Wildman–Crippen MR) is 84.3 cm³/mol. The van der Waals surface area contributed by atoms with Gasteiger partial charge in [-0.15, -0.1) is 0 Å². The summed E-state index contributed by atoms with van der Waals surface area (Å²) in [5, 5.41) is 1.21. The highest BCUT2D eigenvalue weighted by atomic mass is 16.5. The molecule has 0 fully saturated rings. The molecule has 0 N–H and O–H groups in total. The monoisotopic (exact) mass is 279 g/mol. The van der Waals surface area contributed by atoms with E-state index in [-0.39, 0.29) is 5.97 Å². The molecule has 0 saturated carbocycles. The van der Waals surface area contributed by atoms with E-state index >= 15 is 0 Å². The highest BCUT2D eigenvalue weighted by molar-refractivity contribution is 5.91. The van der Waals surface area contributed by atoms with Crippen LogP contribution in [-0.4, -0.2) is 17.1 Å². The third-order valence-electron chi connectivity index (χ3n) is 3.64. The molecule has 3 heteroatoms. The SMILES string of the molecule is CCOC(=O)c1ccc(-c2cc3ccccc3n2C)cc1. The van der Waals surface area contributed by atoms with Gasteiger partial charge in [0, 0.05) is 23.6 Å². The Labute approximate surface area is 123 Å². The molecular weight excluding hydrogens is 262 g/mol. The smallest absolute Gasteiger partial charge is 0.338 e. The lowest BCUT2D eigenvalue weighted by atomic mass is 10.1. The van der Waals surface area contributed by atoms with Crippen LogP contribution < -0.4 is 0 Å². The molecule has 3 aromatic rings. The summed E-state index contributed by atoms with van der Waals surface area (Å²) >= 11 is 0. The van der Waals surface area contributed by atoms with Crippen molar-refractivity contribution in [2.75, 3.05) is 6.61 Å². The van der Waals surface area contributed by atoms with Gasteiger partial charge in [-0.2, -0.15) is 0 Å². The number of aromatic nitrogens is 1. The second-order valence-electron chi connectivity index (χ2n) is 4.95. The quantitative estimate of drug-likeness (QED) is 0.678. The number of fused-ring (bicyclic) bond motifs is 1. The van der Waals surface area contributed by atoms with Crippen LogP contribution in [0.1, 0.15) is 17.3 Å². The maximum atomic E-state index is 11.7. The van der Waals surface area contributed by atoms with Gasteiger partial charge in [0.1, 0.15) is 0 Å². The van der Waals surface area contributed by atoms with Gasteiger partial charge in [0.05, 0.1) is 12.2 Å². The van der Waals surface area contributed by atoms with E-state index in [0.717, 1.165) is 11.3 Å². The first-order valence-electron chi connectivity index (χ1n) is 7.02. The topological polar surface area (TPSA) is 31.2 Å². The molecule has 0 radical (unpaired) electrons. The van der Waals surface area contributed by atoms with E-state index in [1.807, 2.05) is 43.3 Å². The van der Waals surface area contributed by atoms with E-state index in [9.17, 15) is 4.79 Å². The van der Waals surface area contributed by atoms with Gasteiger partial charge in [-0.25, -0.2) is 4.79 Å². The Morgan fingerprint density at radius 3 is 2.48 bits per heavy atom. The summed E-state index contributed by atoms with van der Waals surface area (Å²) in [6.07, 6.45) is 0. The summed E-state index contributed by atoms with van der Waals surface area (Å²) in [5.74, 6) is -0.277. The molecule has 0 saturated heterocycles. The minimum Gasteiger partial charge on any atom is -0.462 e. The van der Waals surface area contributed by atoms with E-state index in [1.54, 1.807) is 0 Å². The molecule has 0 amide bonds. The Morgan fingerprint density at radius 2 is 1.81 bits per heavy atom. The van der Waals surface area contributed by atoms with Crippen LogP contribution in [0.4, 0.5) is 0 Å². The summed E-state index contributed by atoms with van der Waals surface area (Å²) in [7, 11) is 2.05. The Balaban J connectivity index is 1.99. The van der Waals surface area contributed by atoms with Crippen molar-refractivity contribution in [2.24, 2.45) is 7.05 Å². The van der Waals surface area contributed by atoms with Crippen molar-refractivity contribution in [3.05, 3.63) is 60.2 Å². The van der Waals surface area contributed by atoms with Gasteiger partial charge in [0.25, 0.3) is 0 Å². The van der Waals surface area contributed by atoms with E-state index < -0.39 is 0 Å². The van der Waals surface area contributed by atoms with Crippen molar-refractivity contribution in [1.82, 2.24) is 4.57 Å². The van der Waals surface area contributed by atoms with Crippen molar-refractivity contribution in [3.63, 3.8) is 0 Å². The van der Waals surface area contributed by atoms with Gasteiger partial charge in [0.2, 0.25) is 0 Å². The predicted octanol–water partition coefficient (Wildman–Crippen LogP) is 4.02. The molecule has 0 bridgehead atoms. The molecule has 0 aliphatic carbocycles. The van der Waals surface area contributed by atoms with Crippen LogP contribution in [0.5, 0.6) is 0 Å². The van der Waals surface area contributed by atoms with Gasteiger partial charge < -0.3 is 9.30 Å². The standard InChI is InChI=1S/C18H17NO2/c1-3-21-18(20)14-10-8-13(9-11-14)17-12-15-6-4-5-7-16(15)19(17)2/h4-12H,3H2,1-2H3. The van der Waals surface area contributed by atoms with Gasteiger partial charge >= 0.3 is 5.97 Å². The van der Waals surface area contributed by atoms with Gasteiger partial charge in [-0.1, -0.05) is 30.3 Å². The van der Waals surface area contributed by atoms with Crippen molar-refractivity contribution in [1.29, 1.82) is 0 Å². The number of para-hydroxylation sites is 1. The normalized spacial score (nSPS) is 10.8. The van der Waals surface area contributed by atoms with Gasteiger partial charge in [-0.3, -0.25) is 0 Å². The lowest BCUT2D eigenvalue weighted by Crippen LogP contribution is -2.04. The van der Waals surface area contributed by atoms with Crippen LogP contribution in [-0.2, 0) is 11.8 Å². The fourth-order valence-corrected chi connectivity index (χ4v) is 2.56. The number of carbonyl (C=O) groups is 1. The summed E-state index contributed by atoms with van der Waals surface area (Å²) in [6, 6.07) is 18.0. The highest BCUT2D eigenvalue weighted by Gasteiger charge is 2.09. The number of ether oxygens (including phenoxy) is 1. The zero-order chi connectivity index (χ0) is 14.8. The van der Waals surface area contributed by atoms with Crippen LogP contribution in [0.2, 0.25) is 0 Å². The first kappa shape index (κ1) is 13.4. The van der Waals surface area contributed by atoms with Crippen LogP contribution >= 0.6 is 0 Å². The summed E-state index contributed by atoms with van der Waals surface area (Å²) < 4.78 is 7.16. The van der Waals surface area contributed by atoms with E-state index in [0.29, 0.717) is 12.2 Å². The number of benzene rings is 2. The molecule has 0 aliphatic rings. The second-order valence-corrected chi connectivity index (χ2v) is 4.95. The van der Waals surface area contributed by atoms with Crippen LogP contribution in [0, 0.1) is 0 Å². The van der Waals surface area contributed by atoms with E-state index in [2.05, 4.69) is 29.8 Å². The lowest BCUT2D eigenvalue weighted by molar-refractivity contribution is 0.0526. The third kappa shape index (κ3) is 2.42. The fraction of sp³-hybridized carbons (Fsp3) is 0.167. The lowest BCUT2D eigenvalue weighted by Gasteiger charge is -2.06. The molecule has 0 atom stereocenters. The molecule has 0 spiro atoms. The van der Waals surface area contributed by atoms with Crippen molar-refractivity contribution in [2.45, 2.75) is 6.92 Å². The number of hydrogen-bond acceptors (Lipinski definition) is 2. The van der Waals surface area contributed by atoms with Crippen LogP contribution in [0.25, 0.3) is 22.2 Å². The Kier molecular flexibility index (Phi) is 3.48. The van der Waals surface area contributed by atoms with E-state index in [1.165, 1.54) is 10.9 Å². The van der Waals surface area contributed by atoms with Crippen molar-refractivity contribution in [3.8, 4) is 11.3 Å². The number of rotatable bonds is 3.